The van der Waals surface area contributed by atoms with Crippen LogP contribution in [-0.4, -0.2) is 224 Å². The van der Waals surface area contributed by atoms with Gasteiger partial charge < -0.3 is 124 Å². The third-order valence-corrected chi connectivity index (χ3v) is 11.5. The van der Waals surface area contributed by atoms with E-state index in [1.165, 1.54) is 6.92 Å². The van der Waals surface area contributed by atoms with Gasteiger partial charge in [-0.1, -0.05) is 0 Å². The Labute approximate surface area is 364 Å². The first-order valence-corrected chi connectivity index (χ1v) is 20.0. The van der Waals surface area contributed by atoms with Crippen molar-refractivity contribution in [3.63, 3.8) is 0 Å². The summed E-state index contributed by atoms with van der Waals surface area (Å²) >= 11 is 0. The van der Waals surface area contributed by atoms with Gasteiger partial charge in [-0.15, -0.1) is 0 Å². The minimum atomic E-state index is -2.25. The molecule has 26 heteroatoms. The van der Waals surface area contributed by atoms with Crippen LogP contribution in [0.2, 0.25) is 0 Å². The maximum Gasteiger partial charge on any atom is 0.239 e. The Bertz CT molecular complexity index is 2170. The van der Waals surface area contributed by atoms with Gasteiger partial charge in [0.25, 0.3) is 0 Å². The number of hydrogen-bond acceptors (Lipinski definition) is 26. The Balaban J connectivity index is 1.29. The Kier molecular flexibility index (Phi) is 14.7. The summed E-state index contributed by atoms with van der Waals surface area (Å²) < 4.78 is 51.9. The van der Waals surface area contributed by atoms with Gasteiger partial charge >= 0.3 is 0 Å². The van der Waals surface area contributed by atoms with Crippen LogP contribution in [0.15, 0.2) is 39.5 Å². The molecule has 0 aliphatic carbocycles. The van der Waals surface area contributed by atoms with Crippen molar-refractivity contribution in [2.24, 2.45) is 0 Å². The van der Waals surface area contributed by atoms with Gasteiger partial charge in [0.05, 0.1) is 25.9 Å². The lowest BCUT2D eigenvalue weighted by molar-refractivity contribution is -0.390. The van der Waals surface area contributed by atoms with E-state index in [9.17, 15) is 86.5 Å². The molecule has 65 heavy (non-hydrogen) atoms. The molecule has 0 radical (unpaired) electrons. The van der Waals surface area contributed by atoms with Crippen LogP contribution in [0, 0.1) is 0 Å². The topological polar surface area (TPSA) is 428 Å². The lowest BCUT2D eigenvalue weighted by Gasteiger charge is -2.48. The van der Waals surface area contributed by atoms with Crippen LogP contribution in [0.1, 0.15) is 6.92 Å². The normalized spacial score (nSPS) is 40.2. The Morgan fingerprint density at radius 2 is 1.11 bits per heavy atom. The minimum Gasteiger partial charge on any atom is -0.508 e. The second-order valence-electron chi connectivity index (χ2n) is 15.9. The van der Waals surface area contributed by atoms with Crippen molar-refractivity contribution in [2.75, 3.05) is 19.8 Å². The van der Waals surface area contributed by atoms with E-state index in [1.807, 2.05) is 0 Å². The molecule has 7 rings (SSSR count). The zero-order valence-electron chi connectivity index (χ0n) is 33.8. The van der Waals surface area contributed by atoms with Gasteiger partial charge in [-0.05, 0) is 25.1 Å². The molecule has 0 spiro atoms. The first-order chi connectivity index (χ1) is 30.7. The number of ether oxygens (including phenoxy) is 8. The summed E-state index contributed by atoms with van der Waals surface area (Å²) in [7, 11) is 0. The number of hydrogen-bond donors (Lipinski definition) is 16. The van der Waals surface area contributed by atoms with E-state index in [2.05, 4.69) is 0 Å². The molecule has 3 aromatic rings. The molecule has 4 aliphatic heterocycles. The summed E-state index contributed by atoms with van der Waals surface area (Å²) in [5.41, 5.74) is -1.81. The van der Waals surface area contributed by atoms with Crippen molar-refractivity contribution in [2.45, 2.75) is 130 Å². The molecule has 4 saturated heterocycles. The van der Waals surface area contributed by atoms with Gasteiger partial charge in [-0.3, -0.25) is 4.79 Å². The molecule has 2 aromatic carbocycles. The van der Waals surface area contributed by atoms with Crippen LogP contribution in [0.5, 0.6) is 28.7 Å². The quantitative estimate of drug-likeness (QED) is 0.0752. The highest BCUT2D eigenvalue weighted by Crippen LogP contribution is 2.41. The molecule has 16 N–H and O–H groups in total. The average Bonchev–Trinajstić information content (AvgIpc) is 3.27. The molecule has 5 heterocycles. The Hall–Kier alpha value is -4.11. The van der Waals surface area contributed by atoms with E-state index in [0.29, 0.717) is 0 Å². The monoisotopic (exact) mass is 934 g/mol. The summed E-state index contributed by atoms with van der Waals surface area (Å²) in [5.74, 6) is -4.17. The van der Waals surface area contributed by atoms with E-state index in [4.69, 9.17) is 42.3 Å². The number of rotatable bonds is 12. The molecule has 0 unspecified atom stereocenters. The molecule has 0 amide bonds. The summed E-state index contributed by atoms with van der Waals surface area (Å²) in [6.45, 7) is -1.35. The molecular formula is C39H50O26. The Morgan fingerprint density at radius 1 is 0.554 bits per heavy atom. The second-order valence-corrected chi connectivity index (χ2v) is 15.9. The van der Waals surface area contributed by atoms with Crippen molar-refractivity contribution in [3.8, 4) is 40.1 Å². The average molecular weight is 935 g/mol. The van der Waals surface area contributed by atoms with Crippen LogP contribution in [-0.2, 0) is 33.2 Å². The van der Waals surface area contributed by atoms with Gasteiger partial charge in [0.1, 0.15) is 108 Å². The molecule has 4 fully saturated rings. The van der Waals surface area contributed by atoms with Crippen molar-refractivity contribution < 1.29 is 124 Å². The van der Waals surface area contributed by atoms with Gasteiger partial charge in [0.2, 0.25) is 17.5 Å². The van der Waals surface area contributed by atoms with E-state index in [-0.39, 0.29) is 5.56 Å². The maximum atomic E-state index is 14.3. The number of benzene rings is 2. The summed E-state index contributed by atoms with van der Waals surface area (Å²) in [5, 5.41) is 168. The standard InChI is InChI=1S/C39H50O26/c1-10-21(46)26(51)30(55)36(58-10)57-9-19-24(49)29(54)35(65-38-34(28(53)23(48)18(8-41)61-38)64-37-31(56)27(52)22(47)17(7-40)60-37)39(62-19)63-33-25(50)20-15(45)5-12(42)6-16(20)59-32(33)11-2-3-13(43)14(44)4-11/h2-6,10,17-19,21-24,26-31,34-49,51-56H,7-9H2,1H3/t10-,17+,18+,19+,21-,22+,23-,24+,26+,27-,28-,29-,30+,31+,34+,35+,36+,37-,38-,39-/m0/s1. The van der Waals surface area contributed by atoms with E-state index in [1.54, 1.807) is 0 Å². The lowest BCUT2D eigenvalue weighted by atomic mass is 9.96. The first-order valence-electron chi connectivity index (χ1n) is 20.0. The highest BCUT2D eigenvalue weighted by Gasteiger charge is 2.55. The number of aliphatic hydroxyl groups is 12. The fourth-order valence-electron chi connectivity index (χ4n) is 7.77. The second kappa shape index (κ2) is 19.6. The molecule has 4 aliphatic rings. The van der Waals surface area contributed by atoms with Crippen molar-refractivity contribution in [1.29, 1.82) is 0 Å². The zero-order valence-corrected chi connectivity index (χ0v) is 33.8. The number of phenols is 4. The van der Waals surface area contributed by atoms with Crippen molar-refractivity contribution in [1.82, 2.24) is 0 Å². The number of phenolic OH excluding ortho intramolecular Hbond substituents is 4. The third-order valence-electron chi connectivity index (χ3n) is 11.5. The third kappa shape index (κ3) is 9.43. The van der Waals surface area contributed by atoms with E-state index in [0.717, 1.165) is 30.3 Å². The fraction of sp³-hybridized carbons (Fsp3) is 0.615. The van der Waals surface area contributed by atoms with Crippen molar-refractivity contribution in [3.05, 3.63) is 40.6 Å². The predicted molar refractivity (Wildman–Crippen MR) is 205 cm³/mol. The summed E-state index contributed by atoms with van der Waals surface area (Å²) in [4.78, 5) is 14.3. The smallest absolute Gasteiger partial charge is 0.239 e. The predicted octanol–water partition coefficient (Wildman–Crippen LogP) is -6.04. The summed E-state index contributed by atoms with van der Waals surface area (Å²) in [6, 6.07) is 4.82. The van der Waals surface area contributed by atoms with Crippen LogP contribution >= 0.6 is 0 Å². The molecule has 0 bridgehead atoms. The van der Waals surface area contributed by atoms with E-state index >= 15 is 0 Å². The number of aromatic hydroxyl groups is 4. The maximum absolute atomic E-state index is 14.3. The molecule has 26 nitrogen and oxygen atoms in total. The van der Waals surface area contributed by atoms with Crippen LogP contribution in [0.3, 0.4) is 0 Å². The van der Waals surface area contributed by atoms with Crippen molar-refractivity contribution >= 4 is 11.0 Å². The molecule has 362 valence electrons. The van der Waals surface area contributed by atoms with Crippen LogP contribution in [0.25, 0.3) is 22.3 Å². The SMILES string of the molecule is C[C@@H]1O[C@@H](OC[C@H]2O[C@@H](Oc3c(-c4ccc(O)c(O)c4)oc4cc(O)cc(O)c4c3=O)[C@H](O[C@@H]3O[C@H](CO)[C@H](O)[C@H](O)[C@H]3O[C@@H]3O[C@H](CO)[C@@H](O)[C@H](O)[C@H]3O)[C@@H](O)[C@@H]2O)[C@H](O)[C@H](O)[C@H]1O. The summed E-state index contributed by atoms with van der Waals surface area (Å²) in [6.07, 6.45) is -37.8. The van der Waals surface area contributed by atoms with Gasteiger partial charge in [0.15, 0.2) is 42.2 Å². The van der Waals surface area contributed by atoms with Gasteiger partial charge in [-0.25, -0.2) is 0 Å². The molecule has 1 aromatic heterocycles. The highest BCUT2D eigenvalue weighted by atomic mass is 16.8. The van der Waals surface area contributed by atoms with Gasteiger partial charge in [-0.2, -0.15) is 0 Å². The molecular weight excluding hydrogens is 884 g/mol. The van der Waals surface area contributed by atoms with Crippen LogP contribution < -0.4 is 10.2 Å². The zero-order chi connectivity index (χ0) is 47.3. The Morgan fingerprint density at radius 3 is 1.75 bits per heavy atom. The largest absolute Gasteiger partial charge is 0.508 e. The minimum absolute atomic E-state index is 0.185. The fourth-order valence-corrected chi connectivity index (χ4v) is 7.77. The lowest BCUT2D eigenvalue weighted by Crippen LogP contribution is -2.67. The van der Waals surface area contributed by atoms with Gasteiger partial charge in [0, 0.05) is 17.7 Å². The molecule has 20 atom stereocenters. The highest BCUT2D eigenvalue weighted by molar-refractivity contribution is 5.88. The number of aliphatic hydroxyl groups excluding tert-OH is 12. The first kappa shape index (κ1) is 48.8. The number of fused-ring (bicyclic) bond motifs is 1. The molecule has 0 saturated carbocycles. The van der Waals surface area contributed by atoms with E-state index < -0.39 is 194 Å². The van der Waals surface area contributed by atoms with Crippen LogP contribution in [0.4, 0.5) is 0 Å².